The predicted octanol–water partition coefficient (Wildman–Crippen LogP) is 2.01. The van der Waals surface area contributed by atoms with Crippen molar-refractivity contribution in [3.63, 3.8) is 0 Å². The second-order valence-electron chi connectivity index (χ2n) is 9.06. The average Bonchev–Trinajstić information content (AvgIpc) is 3.22. The zero-order valence-electron chi connectivity index (χ0n) is 20.5. The van der Waals surface area contributed by atoms with E-state index >= 15 is 0 Å². The van der Waals surface area contributed by atoms with Crippen LogP contribution in [0.2, 0.25) is 0 Å². The predicted molar refractivity (Wildman–Crippen MR) is 128 cm³/mol. The third-order valence-corrected chi connectivity index (χ3v) is 5.88. The van der Waals surface area contributed by atoms with E-state index in [-0.39, 0.29) is 41.0 Å². The minimum atomic E-state index is -0.801. The van der Waals surface area contributed by atoms with Gasteiger partial charge in [0.1, 0.15) is 23.9 Å². The van der Waals surface area contributed by atoms with Gasteiger partial charge in [-0.2, -0.15) is 0 Å². The van der Waals surface area contributed by atoms with E-state index in [1.807, 2.05) is 19.9 Å². The number of oxazole rings is 1. The normalized spacial score (nSPS) is 22.2. The molecule has 4 amide bonds. The number of benzene rings is 1. The Kier molecular flexibility index (Phi) is 8.62. The van der Waals surface area contributed by atoms with Crippen LogP contribution in [0.4, 0.5) is 0 Å². The summed E-state index contributed by atoms with van der Waals surface area (Å²) in [6, 6.07) is 6.50. The molecule has 3 rings (SSSR count). The first-order valence-electron chi connectivity index (χ1n) is 11.9. The number of aryl methyl sites for hydroxylation is 1. The number of amides is 4. The van der Waals surface area contributed by atoms with E-state index in [0.29, 0.717) is 31.4 Å². The van der Waals surface area contributed by atoms with Crippen molar-refractivity contribution in [1.82, 2.24) is 26.3 Å². The Labute approximate surface area is 204 Å². The number of aromatic nitrogens is 1. The van der Waals surface area contributed by atoms with Crippen LogP contribution >= 0.6 is 0 Å². The van der Waals surface area contributed by atoms with Crippen LogP contribution in [0.5, 0.6) is 0 Å². The van der Waals surface area contributed by atoms with E-state index in [0.717, 1.165) is 0 Å². The lowest BCUT2D eigenvalue weighted by Gasteiger charge is -2.24. The highest BCUT2D eigenvalue weighted by molar-refractivity contribution is 5.98. The quantitative estimate of drug-likeness (QED) is 0.526. The smallest absolute Gasteiger partial charge is 0.274 e. The SMILES string of the molecule is Cc1oc2nc1C(=O)N[C@H](C)C(=O)NCCCC[C@H](NC(=O)c1ccccc1)C(=O)N[C@H]2C(C)C. The van der Waals surface area contributed by atoms with Gasteiger partial charge in [-0.15, -0.1) is 0 Å². The average molecular weight is 484 g/mol. The minimum absolute atomic E-state index is 0.0561. The molecule has 10 nitrogen and oxygen atoms in total. The van der Waals surface area contributed by atoms with Crippen LogP contribution in [0.25, 0.3) is 0 Å². The molecule has 1 aromatic heterocycles. The third kappa shape index (κ3) is 6.68. The molecular formula is C25H33N5O5. The molecule has 10 heteroatoms. The molecule has 4 N–H and O–H groups in total. The molecule has 35 heavy (non-hydrogen) atoms. The second-order valence-corrected chi connectivity index (χ2v) is 9.06. The maximum absolute atomic E-state index is 13.3. The molecule has 2 heterocycles. The van der Waals surface area contributed by atoms with Crippen molar-refractivity contribution in [2.75, 3.05) is 6.54 Å². The van der Waals surface area contributed by atoms with E-state index in [4.69, 9.17) is 4.42 Å². The number of rotatable bonds is 3. The summed E-state index contributed by atoms with van der Waals surface area (Å²) < 4.78 is 5.76. The Hall–Kier alpha value is -3.69. The summed E-state index contributed by atoms with van der Waals surface area (Å²) >= 11 is 0. The fourth-order valence-corrected chi connectivity index (χ4v) is 3.80. The molecule has 1 aliphatic heterocycles. The highest BCUT2D eigenvalue weighted by atomic mass is 16.4. The molecular weight excluding hydrogens is 450 g/mol. The molecule has 1 aromatic carbocycles. The Morgan fingerprint density at radius 2 is 1.80 bits per heavy atom. The minimum Gasteiger partial charge on any atom is -0.443 e. The lowest BCUT2D eigenvalue weighted by molar-refractivity contribution is -0.124. The fraction of sp³-hybridized carbons (Fsp3) is 0.480. The lowest BCUT2D eigenvalue weighted by Crippen LogP contribution is -2.48. The van der Waals surface area contributed by atoms with Crippen molar-refractivity contribution in [3.05, 3.63) is 53.2 Å². The molecule has 0 radical (unpaired) electrons. The molecule has 0 aliphatic carbocycles. The van der Waals surface area contributed by atoms with Gasteiger partial charge in [-0.3, -0.25) is 19.2 Å². The summed E-state index contributed by atoms with van der Waals surface area (Å²) in [4.78, 5) is 55.5. The van der Waals surface area contributed by atoms with Gasteiger partial charge < -0.3 is 25.7 Å². The van der Waals surface area contributed by atoms with Crippen LogP contribution in [0.15, 0.2) is 34.7 Å². The molecule has 188 valence electrons. The molecule has 0 saturated heterocycles. The third-order valence-electron chi connectivity index (χ3n) is 5.88. The number of hydrogen-bond acceptors (Lipinski definition) is 6. The van der Waals surface area contributed by atoms with E-state index in [9.17, 15) is 19.2 Å². The second kappa shape index (κ2) is 11.6. The van der Waals surface area contributed by atoms with Gasteiger partial charge in [-0.05, 0) is 51.2 Å². The molecule has 0 unspecified atom stereocenters. The van der Waals surface area contributed by atoms with Gasteiger partial charge in [-0.1, -0.05) is 32.0 Å². The topological polar surface area (TPSA) is 142 Å². The van der Waals surface area contributed by atoms with Crippen molar-refractivity contribution < 1.29 is 23.6 Å². The summed E-state index contributed by atoms with van der Waals surface area (Å²) in [5.41, 5.74) is 0.508. The first-order valence-corrected chi connectivity index (χ1v) is 11.9. The van der Waals surface area contributed by atoms with Crippen molar-refractivity contribution in [2.45, 2.75) is 65.1 Å². The Balaban J connectivity index is 1.89. The largest absolute Gasteiger partial charge is 0.443 e. The van der Waals surface area contributed by atoms with Gasteiger partial charge >= 0.3 is 0 Å². The highest BCUT2D eigenvalue weighted by Crippen LogP contribution is 2.24. The first kappa shape index (κ1) is 25.9. The lowest BCUT2D eigenvalue weighted by atomic mass is 10.0. The standard InChI is InChI=1S/C25H33N5O5/c1-14(2)19-25-30-20(16(4)35-25)24(34)27-15(3)21(31)26-13-9-8-12-18(23(33)29-19)28-22(32)17-10-6-5-7-11-17/h5-7,10-11,14-15,18-19H,8-9,12-13H2,1-4H3,(H,26,31)(H,27,34)(H,28,32)(H,29,33)/t15-,18+,19+/m1/s1. The highest BCUT2D eigenvalue weighted by Gasteiger charge is 2.31. The molecule has 2 bridgehead atoms. The number of hydrogen-bond donors (Lipinski definition) is 4. The van der Waals surface area contributed by atoms with E-state index in [2.05, 4.69) is 26.3 Å². The summed E-state index contributed by atoms with van der Waals surface area (Å²) in [5, 5.41) is 11.2. The van der Waals surface area contributed by atoms with E-state index in [1.54, 1.807) is 38.1 Å². The first-order chi connectivity index (χ1) is 16.7. The van der Waals surface area contributed by atoms with Crippen LogP contribution in [0.3, 0.4) is 0 Å². The monoisotopic (exact) mass is 483 g/mol. The molecule has 1 aliphatic rings. The van der Waals surface area contributed by atoms with E-state index < -0.39 is 24.0 Å². The van der Waals surface area contributed by atoms with Gasteiger partial charge in [0.2, 0.25) is 17.7 Å². The number of carbonyl (C=O) groups excluding carboxylic acids is 4. The Morgan fingerprint density at radius 3 is 2.49 bits per heavy atom. The van der Waals surface area contributed by atoms with Crippen molar-refractivity contribution in [2.24, 2.45) is 5.92 Å². The fourth-order valence-electron chi connectivity index (χ4n) is 3.80. The zero-order valence-corrected chi connectivity index (χ0v) is 20.5. The summed E-state index contributed by atoms with van der Waals surface area (Å²) in [6.45, 7) is 7.37. The maximum atomic E-state index is 13.3. The number of nitrogens with zero attached hydrogens (tertiary/aromatic N) is 1. The maximum Gasteiger partial charge on any atom is 0.274 e. The number of carbonyl (C=O) groups is 4. The number of fused-ring (bicyclic) bond motifs is 2. The summed E-state index contributed by atoms with van der Waals surface area (Å²) in [6.07, 6.45) is 1.57. The van der Waals surface area contributed by atoms with Crippen LogP contribution in [0.1, 0.15) is 78.6 Å². The number of nitrogens with one attached hydrogen (secondary N) is 4. The Morgan fingerprint density at radius 1 is 1.09 bits per heavy atom. The van der Waals surface area contributed by atoms with Crippen LogP contribution in [0, 0.1) is 12.8 Å². The Bertz CT molecular complexity index is 1070. The molecule has 3 atom stereocenters. The van der Waals surface area contributed by atoms with Gasteiger partial charge in [0.05, 0.1) is 0 Å². The van der Waals surface area contributed by atoms with Crippen molar-refractivity contribution >= 4 is 23.6 Å². The molecule has 0 fully saturated rings. The van der Waals surface area contributed by atoms with Gasteiger partial charge in [0, 0.05) is 12.1 Å². The molecule has 0 spiro atoms. The van der Waals surface area contributed by atoms with E-state index in [1.165, 1.54) is 0 Å². The zero-order chi connectivity index (χ0) is 25.5. The summed E-state index contributed by atoms with van der Waals surface area (Å²) in [7, 11) is 0. The van der Waals surface area contributed by atoms with Gasteiger partial charge in [0.25, 0.3) is 11.8 Å². The van der Waals surface area contributed by atoms with Crippen LogP contribution < -0.4 is 21.3 Å². The van der Waals surface area contributed by atoms with Crippen molar-refractivity contribution in [1.29, 1.82) is 0 Å². The summed E-state index contributed by atoms with van der Waals surface area (Å²) in [5.74, 6) is -1.22. The molecule has 0 saturated carbocycles. The van der Waals surface area contributed by atoms with Crippen molar-refractivity contribution in [3.8, 4) is 0 Å². The van der Waals surface area contributed by atoms with Gasteiger partial charge in [-0.25, -0.2) is 4.98 Å². The van der Waals surface area contributed by atoms with Gasteiger partial charge in [0.15, 0.2) is 5.69 Å². The van der Waals surface area contributed by atoms with Crippen LogP contribution in [-0.2, 0) is 9.59 Å². The molecule has 2 aromatic rings. The van der Waals surface area contributed by atoms with Crippen LogP contribution in [-0.4, -0.2) is 47.2 Å².